The molecule has 2 amide bonds. The first-order valence-corrected chi connectivity index (χ1v) is 7.34. The predicted molar refractivity (Wildman–Crippen MR) is 85.4 cm³/mol. The van der Waals surface area contributed by atoms with Crippen LogP contribution in [0.15, 0.2) is 47.3 Å². The van der Waals surface area contributed by atoms with Gasteiger partial charge in [0.05, 0.1) is 5.69 Å². The van der Waals surface area contributed by atoms with E-state index >= 15 is 0 Å². The summed E-state index contributed by atoms with van der Waals surface area (Å²) in [4.78, 5) is 22.4. The van der Waals surface area contributed by atoms with E-state index in [-0.39, 0.29) is 5.56 Å². The molecule has 0 atom stereocenters. The molecule has 6 nitrogen and oxygen atoms in total. The van der Waals surface area contributed by atoms with Gasteiger partial charge in [0.25, 0.3) is 5.56 Å². The van der Waals surface area contributed by atoms with Crippen molar-refractivity contribution in [3.05, 3.63) is 52.8 Å². The molecule has 0 spiro atoms. The maximum Gasteiger partial charge on any atom is 0.312 e. The highest BCUT2D eigenvalue weighted by Gasteiger charge is 2.03. The molecule has 0 fully saturated rings. The fraction of sp³-hybridized carbons (Fsp3) is 0.312. The van der Waals surface area contributed by atoms with Crippen molar-refractivity contribution in [2.75, 3.05) is 6.54 Å². The van der Waals surface area contributed by atoms with Crippen molar-refractivity contribution in [2.24, 2.45) is 5.73 Å². The molecular weight excluding hydrogens is 280 g/mol. The van der Waals surface area contributed by atoms with E-state index in [0.29, 0.717) is 13.1 Å². The van der Waals surface area contributed by atoms with Crippen LogP contribution in [-0.4, -0.2) is 22.4 Å². The second kappa shape index (κ2) is 7.97. The summed E-state index contributed by atoms with van der Waals surface area (Å²) in [5.41, 5.74) is 6.66. The fourth-order valence-electron chi connectivity index (χ4n) is 2.15. The third-order valence-electron chi connectivity index (χ3n) is 3.28. The smallest absolute Gasteiger partial charge is 0.312 e. The van der Waals surface area contributed by atoms with Gasteiger partial charge in [0.1, 0.15) is 0 Å². The number of urea groups is 1. The van der Waals surface area contributed by atoms with E-state index in [1.165, 1.54) is 4.68 Å². The quantitative estimate of drug-likeness (QED) is 0.763. The lowest BCUT2D eigenvalue weighted by atomic mass is 10.1. The number of unbranched alkanes of at least 4 members (excludes halogenated alkanes) is 2. The van der Waals surface area contributed by atoms with Crippen LogP contribution >= 0.6 is 0 Å². The van der Waals surface area contributed by atoms with Gasteiger partial charge in [-0.1, -0.05) is 30.3 Å². The summed E-state index contributed by atoms with van der Waals surface area (Å²) >= 11 is 0. The molecule has 6 heteroatoms. The summed E-state index contributed by atoms with van der Waals surface area (Å²) in [6.45, 7) is 1.12. The second-order valence-corrected chi connectivity index (χ2v) is 5.00. The van der Waals surface area contributed by atoms with Gasteiger partial charge >= 0.3 is 6.03 Å². The largest absolute Gasteiger partial charge is 0.352 e. The van der Waals surface area contributed by atoms with Crippen molar-refractivity contribution in [1.82, 2.24) is 15.1 Å². The lowest BCUT2D eigenvalue weighted by molar-refractivity contribution is 0.248. The molecule has 116 valence electrons. The summed E-state index contributed by atoms with van der Waals surface area (Å²) in [6.07, 6.45) is 2.55. The summed E-state index contributed by atoms with van der Waals surface area (Å²) < 4.78 is 1.49. The third kappa shape index (κ3) is 4.73. The molecule has 0 unspecified atom stereocenters. The number of carbonyl (C=O) groups excluding carboxylic acids is 1. The zero-order valence-electron chi connectivity index (χ0n) is 12.4. The monoisotopic (exact) mass is 300 g/mol. The summed E-state index contributed by atoms with van der Waals surface area (Å²) in [6, 6.07) is 12.5. The predicted octanol–water partition coefficient (Wildman–Crippen LogP) is 1.75. The number of aromatic nitrogens is 2. The number of rotatable bonds is 7. The normalized spacial score (nSPS) is 10.4. The van der Waals surface area contributed by atoms with E-state index in [0.717, 1.165) is 30.5 Å². The molecule has 3 N–H and O–H groups in total. The van der Waals surface area contributed by atoms with Gasteiger partial charge < -0.3 is 11.1 Å². The molecule has 0 radical (unpaired) electrons. The first-order valence-electron chi connectivity index (χ1n) is 7.34. The highest BCUT2D eigenvalue weighted by Crippen LogP contribution is 2.14. The number of aryl methyl sites for hydroxylation is 1. The van der Waals surface area contributed by atoms with Gasteiger partial charge in [0, 0.05) is 24.7 Å². The number of primary amides is 1. The molecule has 2 aromatic rings. The van der Waals surface area contributed by atoms with Gasteiger partial charge in [-0.05, 0) is 25.3 Å². The van der Waals surface area contributed by atoms with E-state index < -0.39 is 6.03 Å². The number of benzene rings is 1. The van der Waals surface area contributed by atoms with E-state index in [2.05, 4.69) is 10.4 Å². The van der Waals surface area contributed by atoms with Crippen LogP contribution in [0.25, 0.3) is 11.3 Å². The molecule has 0 aliphatic heterocycles. The number of nitrogens with zero attached hydrogens (tertiary/aromatic N) is 2. The minimum atomic E-state index is -0.506. The van der Waals surface area contributed by atoms with Gasteiger partial charge in [-0.25, -0.2) is 9.48 Å². The Morgan fingerprint density at radius 3 is 2.59 bits per heavy atom. The van der Waals surface area contributed by atoms with Crippen molar-refractivity contribution < 1.29 is 4.79 Å². The highest BCUT2D eigenvalue weighted by atomic mass is 16.2. The standard InChI is InChI=1S/C16H20N4O2/c17-16(22)18-11-5-2-6-12-20-15(21)10-9-14(19-20)13-7-3-1-4-8-13/h1,3-4,7-10H,2,5-6,11-12H2,(H3,17,18,22). The maximum absolute atomic E-state index is 11.8. The number of hydrogen-bond donors (Lipinski definition) is 2. The third-order valence-corrected chi connectivity index (χ3v) is 3.28. The molecular formula is C16H20N4O2. The van der Waals surface area contributed by atoms with Crippen LogP contribution in [0.5, 0.6) is 0 Å². The molecule has 1 heterocycles. The van der Waals surface area contributed by atoms with Crippen molar-refractivity contribution >= 4 is 6.03 Å². The van der Waals surface area contributed by atoms with Crippen LogP contribution in [0.4, 0.5) is 4.79 Å². The van der Waals surface area contributed by atoms with Crippen LogP contribution < -0.4 is 16.6 Å². The Labute approximate surface area is 129 Å². The average molecular weight is 300 g/mol. The van der Waals surface area contributed by atoms with Crippen LogP contribution in [0.1, 0.15) is 19.3 Å². The first kappa shape index (κ1) is 15.8. The maximum atomic E-state index is 11.8. The van der Waals surface area contributed by atoms with Crippen LogP contribution in [0, 0.1) is 0 Å². The number of carbonyl (C=O) groups is 1. The molecule has 0 aliphatic carbocycles. The van der Waals surface area contributed by atoms with E-state index in [4.69, 9.17) is 5.73 Å². The van der Waals surface area contributed by atoms with Crippen molar-refractivity contribution in [3.8, 4) is 11.3 Å². The van der Waals surface area contributed by atoms with Gasteiger partial charge in [-0.3, -0.25) is 4.79 Å². The summed E-state index contributed by atoms with van der Waals surface area (Å²) in [5.74, 6) is 0. The molecule has 0 aliphatic rings. The average Bonchev–Trinajstić information content (AvgIpc) is 2.53. The first-order chi connectivity index (χ1) is 10.7. The molecule has 22 heavy (non-hydrogen) atoms. The zero-order valence-corrected chi connectivity index (χ0v) is 12.4. The van der Waals surface area contributed by atoms with Gasteiger partial charge in [0.15, 0.2) is 0 Å². The molecule has 0 saturated heterocycles. The SMILES string of the molecule is NC(=O)NCCCCCn1nc(-c2ccccc2)ccc1=O. The Balaban J connectivity index is 1.91. The topological polar surface area (TPSA) is 90.0 Å². The second-order valence-electron chi connectivity index (χ2n) is 5.00. The van der Waals surface area contributed by atoms with Gasteiger partial charge in [-0.15, -0.1) is 0 Å². The molecule has 2 rings (SSSR count). The minimum absolute atomic E-state index is 0.102. The van der Waals surface area contributed by atoms with E-state index in [9.17, 15) is 9.59 Å². The lowest BCUT2D eigenvalue weighted by Gasteiger charge is -2.07. The number of nitrogens with one attached hydrogen (secondary N) is 1. The number of hydrogen-bond acceptors (Lipinski definition) is 3. The Morgan fingerprint density at radius 2 is 1.86 bits per heavy atom. The van der Waals surface area contributed by atoms with Crippen molar-refractivity contribution in [1.29, 1.82) is 0 Å². The number of nitrogens with two attached hydrogens (primary N) is 1. The van der Waals surface area contributed by atoms with Crippen LogP contribution in [0.2, 0.25) is 0 Å². The molecule has 0 bridgehead atoms. The fourth-order valence-corrected chi connectivity index (χ4v) is 2.15. The van der Waals surface area contributed by atoms with E-state index in [1.54, 1.807) is 12.1 Å². The summed E-state index contributed by atoms with van der Waals surface area (Å²) in [5, 5.41) is 6.94. The molecule has 1 aromatic carbocycles. The van der Waals surface area contributed by atoms with Crippen molar-refractivity contribution in [2.45, 2.75) is 25.8 Å². The Morgan fingerprint density at radius 1 is 1.09 bits per heavy atom. The Bertz CT molecular complexity index is 667. The van der Waals surface area contributed by atoms with E-state index in [1.807, 2.05) is 30.3 Å². The van der Waals surface area contributed by atoms with Crippen LogP contribution in [0.3, 0.4) is 0 Å². The van der Waals surface area contributed by atoms with Gasteiger partial charge in [-0.2, -0.15) is 5.10 Å². The number of amides is 2. The Hall–Kier alpha value is -2.63. The molecule has 1 aromatic heterocycles. The van der Waals surface area contributed by atoms with Crippen molar-refractivity contribution in [3.63, 3.8) is 0 Å². The van der Waals surface area contributed by atoms with Gasteiger partial charge in [0.2, 0.25) is 0 Å². The highest BCUT2D eigenvalue weighted by molar-refractivity contribution is 5.71. The lowest BCUT2D eigenvalue weighted by Crippen LogP contribution is -2.30. The van der Waals surface area contributed by atoms with Crippen LogP contribution in [-0.2, 0) is 6.54 Å². The Kier molecular flexibility index (Phi) is 5.71. The zero-order chi connectivity index (χ0) is 15.8. The minimum Gasteiger partial charge on any atom is -0.352 e. The molecule has 0 saturated carbocycles. The summed E-state index contributed by atoms with van der Waals surface area (Å²) in [7, 11) is 0.